The standard InChI is InChI=1S/C13H11FN2O4/c1-16-10(4-9(15-16)13(17)18)12-7-5-19-6-20-11(7)3-2-8(12)14/h2-4H,5-6H2,1H3,(H,17,18). The Morgan fingerprint density at radius 2 is 2.30 bits per heavy atom. The second-order valence-corrected chi connectivity index (χ2v) is 4.35. The van der Waals surface area contributed by atoms with Gasteiger partial charge in [0.1, 0.15) is 11.6 Å². The van der Waals surface area contributed by atoms with Crippen LogP contribution < -0.4 is 4.74 Å². The molecule has 0 aliphatic carbocycles. The van der Waals surface area contributed by atoms with Gasteiger partial charge in [0.25, 0.3) is 0 Å². The third-order valence-corrected chi connectivity index (χ3v) is 3.12. The normalized spacial score (nSPS) is 13.7. The highest BCUT2D eigenvalue weighted by Gasteiger charge is 2.23. The molecule has 1 aliphatic rings. The molecule has 0 amide bonds. The van der Waals surface area contributed by atoms with Crippen LogP contribution in [0.1, 0.15) is 16.1 Å². The van der Waals surface area contributed by atoms with Gasteiger partial charge in [0.15, 0.2) is 12.5 Å². The number of aryl methyl sites for hydroxylation is 1. The van der Waals surface area contributed by atoms with Crippen molar-refractivity contribution in [2.75, 3.05) is 6.79 Å². The predicted octanol–water partition coefficient (Wildman–Crippen LogP) is 1.79. The molecule has 0 saturated carbocycles. The topological polar surface area (TPSA) is 73.6 Å². The highest BCUT2D eigenvalue weighted by molar-refractivity contribution is 5.87. The summed E-state index contributed by atoms with van der Waals surface area (Å²) in [5.74, 6) is -1.10. The zero-order valence-electron chi connectivity index (χ0n) is 10.6. The Balaban J connectivity index is 2.21. The van der Waals surface area contributed by atoms with Crippen molar-refractivity contribution in [1.29, 1.82) is 0 Å². The summed E-state index contributed by atoms with van der Waals surface area (Å²) in [5.41, 5.74) is 1.03. The zero-order chi connectivity index (χ0) is 14.3. The van der Waals surface area contributed by atoms with Gasteiger partial charge < -0.3 is 14.6 Å². The fourth-order valence-electron chi connectivity index (χ4n) is 2.21. The van der Waals surface area contributed by atoms with Crippen molar-refractivity contribution < 1.29 is 23.8 Å². The van der Waals surface area contributed by atoms with Gasteiger partial charge in [0, 0.05) is 18.2 Å². The summed E-state index contributed by atoms with van der Waals surface area (Å²) in [7, 11) is 1.56. The summed E-state index contributed by atoms with van der Waals surface area (Å²) in [6, 6.07) is 4.15. The lowest BCUT2D eigenvalue weighted by Crippen LogP contribution is -2.13. The van der Waals surface area contributed by atoms with E-state index in [1.165, 1.54) is 22.9 Å². The van der Waals surface area contributed by atoms with E-state index in [1.807, 2.05) is 0 Å². The number of aromatic nitrogens is 2. The van der Waals surface area contributed by atoms with E-state index in [0.29, 0.717) is 17.0 Å². The number of fused-ring (bicyclic) bond motifs is 1. The first-order valence-corrected chi connectivity index (χ1v) is 5.87. The van der Waals surface area contributed by atoms with Gasteiger partial charge in [-0.25, -0.2) is 9.18 Å². The van der Waals surface area contributed by atoms with Gasteiger partial charge in [-0.2, -0.15) is 5.10 Å². The molecule has 0 bridgehead atoms. The molecule has 6 nitrogen and oxygen atoms in total. The molecule has 3 rings (SSSR count). The third kappa shape index (κ3) is 1.92. The Morgan fingerprint density at radius 3 is 3.00 bits per heavy atom. The SMILES string of the molecule is Cn1nc(C(=O)O)cc1-c1c(F)ccc2c1COCO2. The molecule has 2 heterocycles. The lowest BCUT2D eigenvalue weighted by atomic mass is 10.0. The maximum atomic E-state index is 14.2. The number of ether oxygens (including phenoxy) is 2. The summed E-state index contributed by atoms with van der Waals surface area (Å²) >= 11 is 0. The first-order valence-electron chi connectivity index (χ1n) is 5.87. The maximum absolute atomic E-state index is 14.2. The van der Waals surface area contributed by atoms with Crippen molar-refractivity contribution in [3.63, 3.8) is 0 Å². The number of rotatable bonds is 2. The number of carboxylic acid groups (broad SMARTS) is 1. The molecule has 0 atom stereocenters. The molecule has 104 valence electrons. The maximum Gasteiger partial charge on any atom is 0.356 e. The minimum Gasteiger partial charge on any atom is -0.476 e. The van der Waals surface area contributed by atoms with Crippen molar-refractivity contribution in [3.8, 4) is 17.0 Å². The molecule has 1 aromatic heterocycles. The van der Waals surface area contributed by atoms with E-state index in [2.05, 4.69) is 5.10 Å². The summed E-state index contributed by atoms with van der Waals surface area (Å²) < 4.78 is 26.0. The minimum atomic E-state index is -1.16. The Labute approximate surface area is 113 Å². The zero-order valence-corrected chi connectivity index (χ0v) is 10.6. The van der Waals surface area contributed by atoms with Gasteiger partial charge in [0.05, 0.1) is 12.3 Å². The molecule has 0 unspecified atom stereocenters. The number of carbonyl (C=O) groups is 1. The predicted molar refractivity (Wildman–Crippen MR) is 65.8 cm³/mol. The smallest absolute Gasteiger partial charge is 0.356 e. The van der Waals surface area contributed by atoms with Crippen molar-refractivity contribution in [3.05, 3.63) is 35.3 Å². The van der Waals surface area contributed by atoms with E-state index in [9.17, 15) is 9.18 Å². The van der Waals surface area contributed by atoms with Crippen LogP contribution in [-0.4, -0.2) is 27.6 Å². The highest BCUT2D eigenvalue weighted by Crippen LogP contribution is 2.35. The first-order chi connectivity index (χ1) is 9.58. The monoisotopic (exact) mass is 278 g/mol. The Hall–Kier alpha value is -2.41. The van der Waals surface area contributed by atoms with Crippen LogP contribution in [0.2, 0.25) is 0 Å². The van der Waals surface area contributed by atoms with Crippen molar-refractivity contribution >= 4 is 5.97 Å². The van der Waals surface area contributed by atoms with Crippen molar-refractivity contribution in [1.82, 2.24) is 9.78 Å². The average molecular weight is 278 g/mol. The Bertz CT molecular complexity index is 696. The molecular weight excluding hydrogens is 267 g/mol. The minimum absolute atomic E-state index is 0.115. The molecular formula is C13H11FN2O4. The lowest BCUT2D eigenvalue weighted by Gasteiger charge is -2.20. The molecule has 0 saturated heterocycles. The van der Waals surface area contributed by atoms with E-state index >= 15 is 0 Å². The van der Waals surface area contributed by atoms with Gasteiger partial charge >= 0.3 is 5.97 Å². The summed E-state index contributed by atoms with van der Waals surface area (Å²) in [6.45, 7) is 0.319. The Kier molecular flexibility index (Phi) is 2.90. The number of hydrogen-bond acceptors (Lipinski definition) is 4. The molecule has 2 aromatic rings. The molecule has 1 aromatic carbocycles. The van der Waals surface area contributed by atoms with E-state index in [0.717, 1.165) is 0 Å². The van der Waals surface area contributed by atoms with E-state index in [4.69, 9.17) is 14.6 Å². The number of aromatic carboxylic acids is 1. The molecule has 1 N–H and O–H groups in total. The van der Waals surface area contributed by atoms with E-state index < -0.39 is 11.8 Å². The second kappa shape index (κ2) is 4.61. The lowest BCUT2D eigenvalue weighted by molar-refractivity contribution is -0.0162. The number of carboxylic acids is 1. The molecule has 0 radical (unpaired) electrons. The number of hydrogen-bond donors (Lipinski definition) is 1. The van der Waals surface area contributed by atoms with Gasteiger partial charge in [-0.05, 0) is 18.2 Å². The summed E-state index contributed by atoms with van der Waals surface area (Å²) in [5, 5.41) is 12.8. The third-order valence-electron chi connectivity index (χ3n) is 3.12. The summed E-state index contributed by atoms with van der Waals surface area (Å²) in [6.07, 6.45) is 0. The van der Waals surface area contributed by atoms with Crippen LogP contribution in [0.4, 0.5) is 4.39 Å². The molecule has 7 heteroatoms. The van der Waals surface area contributed by atoms with Crippen molar-refractivity contribution in [2.24, 2.45) is 7.05 Å². The van der Waals surface area contributed by atoms with Gasteiger partial charge in [0.2, 0.25) is 0 Å². The van der Waals surface area contributed by atoms with Crippen LogP contribution in [-0.2, 0) is 18.4 Å². The van der Waals surface area contributed by atoms with E-state index in [1.54, 1.807) is 7.05 Å². The van der Waals surface area contributed by atoms with Crippen LogP contribution in [0.15, 0.2) is 18.2 Å². The van der Waals surface area contributed by atoms with Crippen molar-refractivity contribution in [2.45, 2.75) is 6.61 Å². The van der Waals surface area contributed by atoms with E-state index in [-0.39, 0.29) is 24.7 Å². The van der Waals surface area contributed by atoms with Crippen LogP contribution in [0.5, 0.6) is 5.75 Å². The van der Waals surface area contributed by atoms with Crippen LogP contribution >= 0.6 is 0 Å². The van der Waals surface area contributed by atoms with Gasteiger partial charge in [-0.1, -0.05) is 0 Å². The summed E-state index contributed by atoms with van der Waals surface area (Å²) in [4.78, 5) is 11.0. The molecule has 0 spiro atoms. The molecule has 1 aliphatic heterocycles. The quantitative estimate of drug-likeness (QED) is 0.906. The van der Waals surface area contributed by atoms with Crippen LogP contribution in [0.3, 0.4) is 0 Å². The fraction of sp³-hybridized carbons (Fsp3) is 0.231. The molecule has 0 fully saturated rings. The highest BCUT2D eigenvalue weighted by atomic mass is 19.1. The largest absolute Gasteiger partial charge is 0.476 e. The number of nitrogens with zero attached hydrogens (tertiary/aromatic N) is 2. The van der Waals surface area contributed by atoms with Crippen LogP contribution in [0.25, 0.3) is 11.3 Å². The Morgan fingerprint density at radius 1 is 1.50 bits per heavy atom. The average Bonchev–Trinajstić information content (AvgIpc) is 2.81. The van der Waals surface area contributed by atoms with Gasteiger partial charge in [-0.15, -0.1) is 0 Å². The fourth-order valence-corrected chi connectivity index (χ4v) is 2.21. The first kappa shape index (κ1) is 12.6. The van der Waals surface area contributed by atoms with Crippen LogP contribution in [0, 0.1) is 5.82 Å². The molecule has 20 heavy (non-hydrogen) atoms. The number of halogens is 1. The number of benzene rings is 1. The second-order valence-electron chi connectivity index (χ2n) is 4.35. The van der Waals surface area contributed by atoms with Gasteiger partial charge in [-0.3, -0.25) is 4.68 Å².